The van der Waals surface area contributed by atoms with E-state index in [-0.39, 0.29) is 6.04 Å². The average Bonchev–Trinajstić information content (AvgIpc) is 3.08. The Hall–Kier alpha value is -2.10. The molecular weight excluding hydrogens is 420 g/mol. The summed E-state index contributed by atoms with van der Waals surface area (Å²) in [5.41, 5.74) is 7.10. The van der Waals surface area contributed by atoms with E-state index < -0.39 is 0 Å². The van der Waals surface area contributed by atoms with Crippen LogP contribution in [0.5, 0.6) is 0 Å². The van der Waals surface area contributed by atoms with Crippen molar-refractivity contribution in [3.05, 3.63) is 98.5 Å². The first kappa shape index (κ1) is 18.3. The molecule has 136 valence electrons. The van der Waals surface area contributed by atoms with Gasteiger partial charge in [-0.2, -0.15) is 5.10 Å². The van der Waals surface area contributed by atoms with Crippen molar-refractivity contribution in [3.8, 4) is 0 Å². The van der Waals surface area contributed by atoms with Gasteiger partial charge in [0.1, 0.15) is 0 Å². The van der Waals surface area contributed by atoms with Crippen LogP contribution in [-0.4, -0.2) is 5.71 Å². The number of benzene rings is 3. The first-order chi connectivity index (χ1) is 13.0. The van der Waals surface area contributed by atoms with Gasteiger partial charge in [0.15, 0.2) is 0 Å². The fourth-order valence-electron chi connectivity index (χ4n) is 3.56. The van der Waals surface area contributed by atoms with E-state index in [1.54, 1.807) is 0 Å². The highest BCUT2D eigenvalue weighted by atomic mass is 79.9. The molecule has 0 aliphatic carbocycles. The Labute approximate surface area is 173 Å². The highest BCUT2D eigenvalue weighted by molar-refractivity contribution is 9.10. The van der Waals surface area contributed by atoms with Crippen LogP contribution in [0.1, 0.15) is 34.7 Å². The van der Waals surface area contributed by atoms with Crippen LogP contribution in [0.25, 0.3) is 0 Å². The van der Waals surface area contributed by atoms with E-state index in [2.05, 4.69) is 77.3 Å². The van der Waals surface area contributed by atoms with Crippen molar-refractivity contribution in [2.24, 2.45) is 5.10 Å². The number of hydrazone groups is 1. The molecule has 2 nitrogen and oxygen atoms in total. The molecule has 0 bridgehead atoms. The van der Waals surface area contributed by atoms with E-state index in [0.717, 1.165) is 32.9 Å². The Balaban J connectivity index is 1.78. The third-order valence-electron chi connectivity index (χ3n) is 4.94. The third-order valence-corrected chi connectivity index (χ3v) is 5.72. The summed E-state index contributed by atoms with van der Waals surface area (Å²) in [6, 6.07) is 23.2. The van der Waals surface area contributed by atoms with Crippen molar-refractivity contribution in [2.45, 2.75) is 26.3 Å². The maximum absolute atomic E-state index is 6.06. The molecule has 0 saturated carbocycles. The van der Waals surface area contributed by atoms with Crippen LogP contribution in [0.2, 0.25) is 5.02 Å². The van der Waals surface area contributed by atoms with Gasteiger partial charge in [0.05, 0.1) is 17.4 Å². The summed E-state index contributed by atoms with van der Waals surface area (Å²) in [5.74, 6) is 0. The SMILES string of the molecule is Cc1ccc(N2N=C(c3ccc(Cl)cc3)CC2c2ccc(Br)cc2)c(C)c1. The first-order valence-corrected chi connectivity index (χ1v) is 10.1. The minimum atomic E-state index is 0.171. The van der Waals surface area contributed by atoms with E-state index in [1.807, 2.05) is 24.3 Å². The van der Waals surface area contributed by atoms with Crippen molar-refractivity contribution in [2.75, 3.05) is 5.01 Å². The molecule has 1 aliphatic rings. The Kier molecular flexibility index (Phi) is 5.07. The van der Waals surface area contributed by atoms with E-state index in [1.165, 1.54) is 16.7 Å². The molecule has 0 saturated heterocycles. The molecule has 3 aromatic rings. The molecule has 0 radical (unpaired) electrons. The molecular formula is C23H20BrClN2. The molecule has 1 heterocycles. The van der Waals surface area contributed by atoms with Crippen LogP contribution in [-0.2, 0) is 0 Å². The highest BCUT2D eigenvalue weighted by Gasteiger charge is 2.30. The van der Waals surface area contributed by atoms with Gasteiger partial charge in [-0.1, -0.05) is 69.5 Å². The second-order valence-corrected chi connectivity index (χ2v) is 8.31. The minimum Gasteiger partial charge on any atom is -0.257 e. The van der Waals surface area contributed by atoms with Crippen LogP contribution in [0, 0.1) is 13.8 Å². The lowest BCUT2D eigenvalue weighted by Gasteiger charge is -2.25. The predicted molar refractivity (Wildman–Crippen MR) is 118 cm³/mol. The molecule has 3 aromatic carbocycles. The van der Waals surface area contributed by atoms with Crippen LogP contribution >= 0.6 is 27.5 Å². The number of halogens is 2. The summed E-state index contributed by atoms with van der Waals surface area (Å²) >= 11 is 9.60. The number of hydrogen-bond acceptors (Lipinski definition) is 2. The van der Waals surface area contributed by atoms with Crippen molar-refractivity contribution < 1.29 is 0 Å². The molecule has 0 N–H and O–H groups in total. The topological polar surface area (TPSA) is 15.6 Å². The fraction of sp³-hybridized carbons (Fsp3) is 0.174. The zero-order valence-electron chi connectivity index (χ0n) is 15.3. The Morgan fingerprint density at radius 3 is 2.33 bits per heavy atom. The summed E-state index contributed by atoms with van der Waals surface area (Å²) in [5, 5.41) is 7.94. The monoisotopic (exact) mass is 438 g/mol. The largest absolute Gasteiger partial charge is 0.257 e. The normalized spacial score (nSPS) is 16.5. The minimum absolute atomic E-state index is 0.171. The Morgan fingerprint density at radius 2 is 1.67 bits per heavy atom. The summed E-state index contributed by atoms with van der Waals surface area (Å²) in [7, 11) is 0. The van der Waals surface area contributed by atoms with Gasteiger partial charge in [-0.05, 0) is 60.9 Å². The Bertz CT molecular complexity index is 994. The summed E-state index contributed by atoms with van der Waals surface area (Å²) in [6.45, 7) is 4.27. The number of rotatable bonds is 3. The quantitative estimate of drug-likeness (QED) is 0.426. The smallest absolute Gasteiger partial charge is 0.0831 e. The maximum atomic E-state index is 6.06. The molecule has 1 aliphatic heterocycles. The van der Waals surface area contributed by atoms with E-state index >= 15 is 0 Å². The second kappa shape index (κ2) is 7.49. The summed E-state index contributed by atoms with van der Waals surface area (Å²) in [4.78, 5) is 0. The number of anilines is 1. The molecule has 27 heavy (non-hydrogen) atoms. The second-order valence-electron chi connectivity index (χ2n) is 6.96. The first-order valence-electron chi connectivity index (χ1n) is 8.96. The van der Waals surface area contributed by atoms with Gasteiger partial charge in [-0.25, -0.2) is 0 Å². The maximum Gasteiger partial charge on any atom is 0.0831 e. The number of hydrogen-bond donors (Lipinski definition) is 0. The lowest BCUT2D eigenvalue weighted by atomic mass is 9.98. The van der Waals surface area contributed by atoms with Crippen LogP contribution in [0.4, 0.5) is 5.69 Å². The van der Waals surface area contributed by atoms with E-state index in [4.69, 9.17) is 16.7 Å². The van der Waals surface area contributed by atoms with Crippen molar-refractivity contribution in [3.63, 3.8) is 0 Å². The highest BCUT2D eigenvalue weighted by Crippen LogP contribution is 2.38. The van der Waals surface area contributed by atoms with Crippen molar-refractivity contribution in [1.82, 2.24) is 0 Å². The number of aryl methyl sites for hydroxylation is 2. The van der Waals surface area contributed by atoms with E-state index in [0.29, 0.717) is 0 Å². The van der Waals surface area contributed by atoms with Gasteiger partial charge >= 0.3 is 0 Å². The molecule has 0 aromatic heterocycles. The van der Waals surface area contributed by atoms with E-state index in [9.17, 15) is 0 Å². The van der Waals surface area contributed by atoms with Gasteiger partial charge in [0, 0.05) is 15.9 Å². The number of nitrogens with zero attached hydrogens (tertiary/aromatic N) is 2. The lowest BCUT2D eigenvalue weighted by molar-refractivity contribution is 0.706. The summed E-state index contributed by atoms with van der Waals surface area (Å²) in [6.07, 6.45) is 0.858. The van der Waals surface area contributed by atoms with Crippen molar-refractivity contribution in [1.29, 1.82) is 0 Å². The molecule has 1 unspecified atom stereocenters. The molecule has 0 spiro atoms. The molecule has 1 atom stereocenters. The zero-order valence-corrected chi connectivity index (χ0v) is 17.6. The molecule has 0 fully saturated rings. The average molecular weight is 440 g/mol. The summed E-state index contributed by atoms with van der Waals surface area (Å²) < 4.78 is 1.08. The predicted octanol–water partition coefficient (Wildman–Crippen LogP) is 7.08. The van der Waals surface area contributed by atoms with Gasteiger partial charge < -0.3 is 0 Å². The van der Waals surface area contributed by atoms with Gasteiger partial charge in [-0.3, -0.25) is 5.01 Å². The van der Waals surface area contributed by atoms with Gasteiger partial charge in [0.25, 0.3) is 0 Å². The molecule has 0 amide bonds. The molecule has 4 heteroatoms. The van der Waals surface area contributed by atoms with Crippen LogP contribution in [0.15, 0.2) is 76.3 Å². The van der Waals surface area contributed by atoms with Crippen LogP contribution < -0.4 is 5.01 Å². The molecule has 4 rings (SSSR count). The Morgan fingerprint density at radius 1 is 0.963 bits per heavy atom. The lowest BCUT2D eigenvalue weighted by Crippen LogP contribution is -2.19. The third kappa shape index (κ3) is 3.80. The van der Waals surface area contributed by atoms with Crippen molar-refractivity contribution >= 4 is 38.9 Å². The van der Waals surface area contributed by atoms with Crippen LogP contribution in [0.3, 0.4) is 0 Å². The zero-order chi connectivity index (χ0) is 19.0. The fourth-order valence-corrected chi connectivity index (χ4v) is 3.95. The van der Waals surface area contributed by atoms with Gasteiger partial charge in [-0.15, -0.1) is 0 Å². The standard InChI is InChI=1S/C23H20BrClN2/c1-15-3-12-22(16(2)13-15)27-23(18-4-8-19(24)9-5-18)14-21(26-27)17-6-10-20(25)11-7-17/h3-13,23H,14H2,1-2H3. The van der Waals surface area contributed by atoms with Gasteiger partial charge in [0.2, 0.25) is 0 Å².